The Kier molecular flexibility index (Phi) is 9.41. The molecule has 1 N–H and O–H groups in total. The van der Waals surface area contributed by atoms with E-state index in [1.807, 2.05) is 18.2 Å². The fourth-order valence-electron chi connectivity index (χ4n) is 1.63. The molecule has 0 heterocycles. The highest BCUT2D eigenvalue weighted by atomic mass is 35.5. The summed E-state index contributed by atoms with van der Waals surface area (Å²) in [6.45, 7) is 6.35. The van der Waals surface area contributed by atoms with Gasteiger partial charge in [0.1, 0.15) is 5.75 Å². The molecule has 0 amide bonds. The van der Waals surface area contributed by atoms with Crippen LogP contribution in [-0.2, 0) is 16.0 Å². The van der Waals surface area contributed by atoms with Crippen molar-refractivity contribution in [1.82, 2.24) is 5.32 Å². The van der Waals surface area contributed by atoms with Gasteiger partial charge in [0.25, 0.3) is 0 Å². The van der Waals surface area contributed by atoms with Crippen LogP contribution in [0.15, 0.2) is 18.2 Å². The third-order valence-electron chi connectivity index (χ3n) is 2.70. The zero-order chi connectivity index (χ0) is 14.6. The summed E-state index contributed by atoms with van der Waals surface area (Å²) in [4.78, 5) is 0. The molecule has 1 aromatic carbocycles. The minimum absolute atomic E-state index is 0.596. The second kappa shape index (κ2) is 10.9. The van der Waals surface area contributed by atoms with Crippen molar-refractivity contribution in [2.75, 3.05) is 40.1 Å². The SMILES string of the molecule is CCNCc1ccc(OCCCOCCOC)c(Cl)c1. The van der Waals surface area contributed by atoms with Crippen LogP contribution in [0, 0.1) is 0 Å². The normalized spacial score (nSPS) is 10.8. The summed E-state index contributed by atoms with van der Waals surface area (Å²) in [5.74, 6) is 0.726. The van der Waals surface area contributed by atoms with Crippen LogP contribution in [0.3, 0.4) is 0 Å². The molecule has 0 aliphatic heterocycles. The van der Waals surface area contributed by atoms with E-state index in [2.05, 4.69) is 12.2 Å². The molecule has 0 unspecified atom stereocenters. The summed E-state index contributed by atoms with van der Waals surface area (Å²) in [7, 11) is 1.66. The molecular weight excluding hydrogens is 278 g/mol. The zero-order valence-corrected chi connectivity index (χ0v) is 13.0. The predicted molar refractivity (Wildman–Crippen MR) is 81.6 cm³/mol. The van der Waals surface area contributed by atoms with Crippen molar-refractivity contribution in [3.05, 3.63) is 28.8 Å². The Balaban J connectivity index is 2.23. The van der Waals surface area contributed by atoms with Crippen LogP contribution < -0.4 is 10.1 Å². The molecule has 0 atom stereocenters. The van der Waals surface area contributed by atoms with E-state index in [9.17, 15) is 0 Å². The molecule has 0 saturated heterocycles. The Bertz CT molecular complexity index is 374. The van der Waals surface area contributed by atoms with Gasteiger partial charge in [-0.15, -0.1) is 0 Å². The van der Waals surface area contributed by atoms with Gasteiger partial charge in [-0.2, -0.15) is 0 Å². The highest BCUT2D eigenvalue weighted by Crippen LogP contribution is 2.25. The number of benzene rings is 1. The summed E-state index contributed by atoms with van der Waals surface area (Å²) < 4.78 is 15.9. The van der Waals surface area contributed by atoms with Crippen LogP contribution in [0.1, 0.15) is 18.9 Å². The molecule has 4 nitrogen and oxygen atoms in total. The van der Waals surface area contributed by atoms with Crippen LogP contribution in [0.2, 0.25) is 5.02 Å². The van der Waals surface area contributed by atoms with Gasteiger partial charge in [-0.25, -0.2) is 0 Å². The lowest BCUT2D eigenvalue weighted by Gasteiger charge is -2.10. The Morgan fingerprint density at radius 2 is 2.00 bits per heavy atom. The topological polar surface area (TPSA) is 39.7 Å². The minimum Gasteiger partial charge on any atom is -0.492 e. The van der Waals surface area contributed by atoms with Gasteiger partial charge in [0.05, 0.1) is 24.8 Å². The van der Waals surface area contributed by atoms with Gasteiger partial charge in [-0.1, -0.05) is 24.6 Å². The van der Waals surface area contributed by atoms with E-state index in [1.165, 1.54) is 0 Å². The molecule has 20 heavy (non-hydrogen) atoms. The summed E-state index contributed by atoms with van der Waals surface area (Å²) in [5.41, 5.74) is 1.16. The molecular formula is C15H24ClNO3. The van der Waals surface area contributed by atoms with Crippen molar-refractivity contribution in [3.8, 4) is 5.75 Å². The van der Waals surface area contributed by atoms with Crippen molar-refractivity contribution in [2.45, 2.75) is 19.9 Å². The highest BCUT2D eigenvalue weighted by Gasteiger charge is 2.03. The number of rotatable bonds is 11. The first-order valence-electron chi connectivity index (χ1n) is 6.96. The van der Waals surface area contributed by atoms with Crippen LogP contribution >= 0.6 is 11.6 Å². The van der Waals surface area contributed by atoms with Gasteiger partial charge in [0, 0.05) is 26.7 Å². The Hall–Kier alpha value is -0.810. The molecule has 0 radical (unpaired) electrons. The molecule has 114 valence electrons. The maximum Gasteiger partial charge on any atom is 0.137 e. The molecule has 0 aliphatic carbocycles. The predicted octanol–water partition coefficient (Wildman–Crippen LogP) is 2.88. The molecule has 0 spiro atoms. The lowest BCUT2D eigenvalue weighted by Crippen LogP contribution is -2.11. The molecule has 0 aromatic heterocycles. The van der Waals surface area contributed by atoms with Gasteiger partial charge in [-0.05, 0) is 24.2 Å². The molecule has 5 heteroatoms. The molecule has 0 bridgehead atoms. The fraction of sp³-hybridized carbons (Fsp3) is 0.600. The zero-order valence-electron chi connectivity index (χ0n) is 12.3. The first-order valence-corrected chi connectivity index (χ1v) is 7.34. The number of ether oxygens (including phenoxy) is 3. The average molecular weight is 302 g/mol. The van der Waals surface area contributed by atoms with Crippen molar-refractivity contribution in [1.29, 1.82) is 0 Å². The van der Waals surface area contributed by atoms with E-state index in [1.54, 1.807) is 7.11 Å². The standard InChI is InChI=1S/C15H24ClNO3/c1-3-17-12-13-5-6-15(14(16)11-13)20-8-4-7-19-10-9-18-2/h5-6,11,17H,3-4,7-10,12H2,1-2H3. The van der Waals surface area contributed by atoms with Crippen molar-refractivity contribution in [3.63, 3.8) is 0 Å². The maximum atomic E-state index is 6.19. The summed E-state index contributed by atoms with van der Waals surface area (Å²) in [6.07, 6.45) is 0.833. The number of nitrogens with one attached hydrogen (secondary N) is 1. The third kappa shape index (κ3) is 7.10. The molecule has 0 fully saturated rings. The number of hydrogen-bond acceptors (Lipinski definition) is 4. The monoisotopic (exact) mass is 301 g/mol. The fourth-order valence-corrected chi connectivity index (χ4v) is 1.89. The number of halogens is 1. The lowest BCUT2D eigenvalue weighted by atomic mass is 10.2. The first kappa shape index (κ1) is 17.2. The second-order valence-corrected chi connectivity index (χ2v) is 4.76. The van der Waals surface area contributed by atoms with Crippen LogP contribution in [0.25, 0.3) is 0 Å². The van der Waals surface area contributed by atoms with Crippen LogP contribution in [-0.4, -0.2) is 40.1 Å². The minimum atomic E-state index is 0.596. The summed E-state index contributed by atoms with van der Waals surface area (Å²) in [6, 6.07) is 5.88. The largest absolute Gasteiger partial charge is 0.492 e. The van der Waals surface area contributed by atoms with Crippen molar-refractivity contribution in [2.24, 2.45) is 0 Å². The molecule has 1 aromatic rings. The lowest BCUT2D eigenvalue weighted by molar-refractivity contribution is 0.0644. The van der Waals surface area contributed by atoms with E-state index in [0.717, 1.165) is 30.8 Å². The molecule has 0 aliphatic rings. The quantitative estimate of drug-likeness (QED) is 0.638. The number of methoxy groups -OCH3 is 1. The maximum absolute atomic E-state index is 6.19. The number of hydrogen-bond donors (Lipinski definition) is 1. The molecule has 0 saturated carbocycles. The highest BCUT2D eigenvalue weighted by molar-refractivity contribution is 6.32. The van der Waals surface area contributed by atoms with E-state index in [-0.39, 0.29) is 0 Å². The van der Waals surface area contributed by atoms with Gasteiger partial charge < -0.3 is 19.5 Å². The molecule has 1 rings (SSSR count). The van der Waals surface area contributed by atoms with Crippen LogP contribution in [0.5, 0.6) is 5.75 Å². The summed E-state index contributed by atoms with van der Waals surface area (Å²) in [5, 5.41) is 3.92. The van der Waals surface area contributed by atoms with Gasteiger partial charge >= 0.3 is 0 Å². The Morgan fingerprint density at radius 1 is 1.15 bits per heavy atom. The van der Waals surface area contributed by atoms with Crippen molar-refractivity contribution >= 4 is 11.6 Å². The van der Waals surface area contributed by atoms with Gasteiger partial charge in [0.15, 0.2) is 0 Å². The van der Waals surface area contributed by atoms with E-state index in [4.69, 9.17) is 25.8 Å². The Morgan fingerprint density at radius 3 is 2.70 bits per heavy atom. The van der Waals surface area contributed by atoms with Crippen LogP contribution in [0.4, 0.5) is 0 Å². The Labute approximate surface area is 126 Å². The van der Waals surface area contributed by atoms with Gasteiger partial charge in [0.2, 0.25) is 0 Å². The average Bonchev–Trinajstić information content (AvgIpc) is 2.46. The van der Waals surface area contributed by atoms with Gasteiger partial charge in [-0.3, -0.25) is 0 Å². The van der Waals surface area contributed by atoms with Crippen molar-refractivity contribution < 1.29 is 14.2 Å². The third-order valence-corrected chi connectivity index (χ3v) is 2.99. The second-order valence-electron chi connectivity index (χ2n) is 4.35. The smallest absolute Gasteiger partial charge is 0.137 e. The van der Waals surface area contributed by atoms with E-state index < -0.39 is 0 Å². The van der Waals surface area contributed by atoms with E-state index >= 15 is 0 Å². The van der Waals surface area contributed by atoms with E-state index in [0.29, 0.717) is 31.5 Å². The first-order chi connectivity index (χ1) is 9.77. The summed E-state index contributed by atoms with van der Waals surface area (Å²) >= 11 is 6.19.